The predicted octanol–water partition coefficient (Wildman–Crippen LogP) is 3.12. The van der Waals surface area contributed by atoms with E-state index in [0.29, 0.717) is 6.04 Å². The summed E-state index contributed by atoms with van der Waals surface area (Å²) < 4.78 is 0. The van der Waals surface area contributed by atoms with Crippen LogP contribution in [0.5, 0.6) is 0 Å². The molecular formula is C31H61N7. The Morgan fingerprint density at radius 2 is 0.895 bits per heavy atom. The quantitative estimate of drug-likeness (QED) is 0.517. The Morgan fingerprint density at radius 3 is 1.26 bits per heavy atom. The van der Waals surface area contributed by atoms with Gasteiger partial charge in [0.2, 0.25) is 0 Å². The van der Waals surface area contributed by atoms with E-state index in [0.717, 1.165) is 104 Å². The molecule has 220 valence electrons. The smallest absolute Gasteiger partial charge is 0.0314 e. The van der Waals surface area contributed by atoms with Crippen LogP contribution in [0.1, 0.15) is 47.1 Å². The fourth-order valence-electron chi connectivity index (χ4n) is 5.62. The molecule has 1 heterocycles. The molecule has 0 amide bonds. The minimum absolute atomic E-state index is 0.499. The van der Waals surface area contributed by atoms with Crippen LogP contribution in [0.3, 0.4) is 0 Å². The molecule has 1 fully saturated rings. The molecular weight excluding hydrogens is 470 g/mol. The molecule has 0 bridgehead atoms. The van der Waals surface area contributed by atoms with E-state index in [-0.39, 0.29) is 0 Å². The molecule has 2 N–H and O–H groups in total. The molecule has 2 rings (SSSR count). The number of hydrogen-bond acceptors (Lipinski definition) is 7. The second kappa shape index (κ2) is 19.0. The van der Waals surface area contributed by atoms with Gasteiger partial charge in [0, 0.05) is 83.7 Å². The van der Waals surface area contributed by atoms with Crippen LogP contribution in [0.15, 0.2) is 24.3 Å². The SMILES string of the molecule is CCN1CCN(CC)CCN(CC)CCN(CC)C(Cc2ccc(N)cc2)CN(CC)CCN(CC)CC1. The molecule has 1 aliphatic heterocycles. The van der Waals surface area contributed by atoms with Gasteiger partial charge in [-0.1, -0.05) is 53.7 Å². The van der Waals surface area contributed by atoms with Crippen molar-refractivity contribution >= 4 is 5.69 Å². The van der Waals surface area contributed by atoms with Gasteiger partial charge in [0.15, 0.2) is 0 Å². The van der Waals surface area contributed by atoms with Crippen molar-refractivity contribution in [2.45, 2.75) is 54.0 Å². The zero-order valence-corrected chi connectivity index (χ0v) is 25.9. The summed E-state index contributed by atoms with van der Waals surface area (Å²) in [7, 11) is 0. The van der Waals surface area contributed by atoms with Crippen LogP contribution in [-0.2, 0) is 6.42 Å². The molecule has 1 unspecified atom stereocenters. The summed E-state index contributed by atoms with van der Waals surface area (Å²) in [6.07, 6.45) is 1.07. The topological polar surface area (TPSA) is 45.5 Å². The summed E-state index contributed by atoms with van der Waals surface area (Å²) in [5.41, 5.74) is 8.24. The van der Waals surface area contributed by atoms with Gasteiger partial charge < -0.3 is 30.2 Å². The maximum absolute atomic E-state index is 6.00. The van der Waals surface area contributed by atoms with Crippen molar-refractivity contribution < 1.29 is 0 Å². The molecule has 1 aromatic carbocycles. The number of nitrogen functional groups attached to an aromatic ring is 1. The normalized spacial score (nSPS) is 22.8. The number of likely N-dealkylation sites (N-methyl/N-ethyl adjacent to an activating group) is 6. The van der Waals surface area contributed by atoms with Crippen LogP contribution in [0.2, 0.25) is 0 Å². The highest BCUT2D eigenvalue weighted by Crippen LogP contribution is 2.14. The largest absolute Gasteiger partial charge is 0.399 e. The first-order valence-electron chi connectivity index (χ1n) is 15.7. The fourth-order valence-corrected chi connectivity index (χ4v) is 5.62. The fraction of sp³-hybridized carbons (Fsp3) is 0.806. The van der Waals surface area contributed by atoms with E-state index in [2.05, 4.69) is 95.2 Å². The van der Waals surface area contributed by atoms with Gasteiger partial charge in [-0.25, -0.2) is 0 Å². The van der Waals surface area contributed by atoms with E-state index in [1.807, 2.05) is 0 Å². The third-order valence-corrected chi connectivity index (χ3v) is 8.71. The highest BCUT2D eigenvalue weighted by Gasteiger charge is 2.22. The zero-order chi connectivity index (χ0) is 27.8. The van der Waals surface area contributed by atoms with Crippen molar-refractivity contribution in [1.82, 2.24) is 29.4 Å². The Balaban J connectivity index is 2.23. The molecule has 1 saturated heterocycles. The number of anilines is 1. The maximum atomic E-state index is 6.00. The van der Waals surface area contributed by atoms with Gasteiger partial charge in [-0.3, -0.25) is 4.90 Å². The van der Waals surface area contributed by atoms with Gasteiger partial charge in [-0.15, -0.1) is 0 Å². The lowest BCUT2D eigenvalue weighted by atomic mass is 10.0. The van der Waals surface area contributed by atoms with Crippen molar-refractivity contribution in [3.8, 4) is 0 Å². The van der Waals surface area contributed by atoms with Crippen molar-refractivity contribution in [2.24, 2.45) is 0 Å². The first kappa shape index (κ1) is 33.0. The van der Waals surface area contributed by atoms with Crippen LogP contribution < -0.4 is 5.73 Å². The van der Waals surface area contributed by atoms with Crippen molar-refractivity contribution in [2.75, 3.05) is 117 Å². The summed E-state index contributed by atoms with van der Waals surface area (Å²) >= 11 is 0. The van der Waals surface area contributed by atoms with E-state index >= 15 is 0 Å². The minimum atomic E-state index is 0.499. The molecule has 0 saturated carbocycles. The number of nitrogens with two attached hydrogens (primary N) is 1. The molecule has 1 aliphatic rings. The number of hydrogen-bond donors (Lipinski definition) is 1. The van der Waals surface area contributed by atoms with Gasteiger partial charge in [0.25, 0.3) is 0 Å². The van der Waals surface area contributed by atoms with Gasteiger partial charge >= 0.3 is 0 Å². The number of benzene rings is 1. The van der Waals surface area contributed by atoms with Crippen LogP contribution in [0.25, 0.3) is 0 Å². The lowest BCUT2D eigenvalue weighted by Gasteiger charge is -2.37. The van der Waals surface area contributed by atoms with E-state index in [1.54, 1.807) is 0 Å². The van der Waals surface area contributed by atoms with Crippen LogP contribution in [-0.4, -0.2) is 147 Å². The van der Waals surface area contributed by atoms with Crippen molar-refractivity contribution in [1.29, 1.82) is 0 Å². The van der Waals surface area contributed by atoms with E-state index in [4.69, 9.17) is 5.73 Å². The van der Waals surface area contributed by atoms with Gasteiger partial charge in [0.1, 0.15) is 0 Å². The molecule has 0 radical (unpaired) electrons. The van der Waals surface area contributed by atoms with Crippen LogP contribution in [0.4, 0.5) is 5.69 Å². The summed E-state index contributed by atoms with van der Waals surface area (Å²) in [6, 6.07) is 9.06. The Morgan fingerprint density at radius 1 is 0.526 bits per heavy atom. The first-order valence-corrected chi connectivity index (χ1v) is 15.7. The summed E-state index contributed by atoms with van der Waals surface area (Å²) in [5.74, 6) is 0. The minimum Gasteiger partial charge on any atom is -0.399 e. The Bertz CT molecular complexity index is 713. The Labute approximate surface area is 235 Å². The summed E-state index contributed by atoms with van der Waals surface area (Å²) in [5, 5.41) is 0. The third-order valence-electron chi connectivity index (χ3n) is 8.71. The lowest BCUT2D eigenvalue weighted by molar-refractivity contribution is 0.111. The van der Waals surface area contributed by atoms with Crippen molar-refractivity contribution in [3.05, 3.63) is 29.8 Å². The first-order chi connectivity index (χ1) is 18.5. The van der Waals surface area contributed by atoms with Gasteiger partial charge in [-0.05, 0) is 63.4 Å². The van der Waals surface area contributed by atoms with Crippen LogP contribution >= 0.6 is 0 Å². The second-order valence-corrected chi connectivity index (χ2v) is 10.9. The molecule has 0 spiro atoms. The number of rotatable bonds is 8. The predicted molar refractivity (Wildman–Crippen MR) is 166 cm³/mol. The van der Waals surface area contributed by atoms with Gasteiger partial charge in [0.05, 0.1) is 0 Å². The maximum Gasteiger partial charge on any atom is 0.0314 e. The molecule has 0 aromatic heterocycles. The Kier molecular flexibility index (Phi) is 16.5. The molecule has 7 nitrogen and oxygen atoms in total. The summed E-state index contributed by atoms with van der Waals surface area (Å²) in [6.45, 7) is 33.3. The van der Waals surface area contributed by atoms with Crippen LogP contribution in [0, 0.1) is 0 Å². The summed E-state index contributed by atoms with van der Waals surface area (Å²) in [4.78, 5) is 16.0. The molecule has 1 atom stereocenters. The standard InChI is InChI=1S/C31H61N7/c1-7-33-17-18-34(8-2)21-22-36(10-4)25-26-38(12-6)31(27-29-13-15-30(32)16-14-29)28-37(11-5)24-23-35(9-3)20-19-33/h13-16,31H,7-12,17-28,32H2,1-6H3. The zero-order valence-electron chi connectivity index (χ0n) is 25.9. The molecule has 7 heteroatoms. The highest BCUT2D eigenvalue weighted by atomic mass is 15.3. The average molecular weight is 532 g/mol. The second-order valence-electron chi connectivity index (χ2n) is 10.9. The van der Waals surface area contributed by atoms with Gasteiger partial charge in [-0.2, -0.15) is 0 Å². The molecule has 1 aromatic rings. The third kappa shape index (κ3) is 11.9. The lowest BCUT2D eigenvalue weighted by Crippen LogP contribution is -2.50. The number of nitrogens with zero attached hydrogens (tertiary/aromatic N) is 6. The van der Waals surface area contributed by atoms with E-state index in [1.165, 1.54) is 25.2 Å². The highest BCUT2D eigenvalue weighted by molar-refractivity contribution is 5.39. The monoisotopic (exact) mass is 531 g/mol. The molecule has 38 heavy (non-hydrogen) atoms. The van der Waals surface area contributed by atoms with E-state index < -0.39 is 0 Å². The van der Waals surface area contributed by atoms with E-state index in [9.17, 15) is 0 Å². The van der Waals surface area contributed by atoms with Crippen molar-refractivity contribution in [3.63, 3.8) is 0 Å². The Hall–Kier alpha value is -1.22. The average Bonchev–Trinajstić information content (AvgIpc) is 2.94. The molecule has 0 aliphatic carbocycles.